The number of para-hydroxylation sites is 1. The van der Waals surface area contributed by atoms with E-state index in [9.17, 15) is 0 Å². The van der Waals surface area contributed by atoms with Gasteiger partial charge < -0.3 is 21.2 Å². The lowest BCUT2D eigenvalue weighted by Gasteiger charge is -2.13. The Bertz CT molecular complexity index is 1150. The van der Waals surface area contributed by atoms with Crippen molar-refractivity contribution in [3.8, 4) is 5.75 Å². The van der Waals surface area contributed by atoms with Crippen LogP contribution < -0.4 is 16.2 Å². The summed E-state index contributed by atoms with van der Waals surface area (Å²) >= 11 is 0. The highest BCUT2D eigenvalue weighted by atomic mass is 16.5. The van der Waals surface area contributed by atoms with Crippen LogP contribution in [0.15, 0.2) is 67.3 Å². The minimum Gasteiger partial charge on any atom is -0.490 e. The Kier molecular flexibility index (Phi) is 6.17. The van der Waals surface area contributed by atoms with Gasteiger partial charge in [-0.1, -0.05) is 30.4 Å². The average Bonchev–Trinajstić information content (AvgIpc) is 3.19. The fraction of sp³-hybridized carbons (Fsp3) is 0.167. The zero-order chi connectivity index (χ0) is 20.8. The van der Waals surface area contributed by atoms with Crippen molar-refractivity contribution in [2.75, 3.05) is 6.61 Å². The van der Waals surface area contributed by atoms with Crippen molar-refractivity contribution in [3.63, 3.8) is 0 Å². The summed E-state index contributed by atoms with van der Waals surface area (Å²) in [5, 5.41) is 1.20. The molecule has 1 atom stereocenters. The normalized spacial score (nSPS) is 12.5. The lowest BCUT2D eigenvalue weighted by Crippen LogP contribution is -2.30. The molecule has 0 aliphatic rings. The topological polar surface area (TPSA) is 103 Å². The van der Waals surface area contributed by atoms with E-state index in [-0.39, 0.29) is 6.04 Å². The molecule has 4 aromatic rings. The first-order valence-electron chi connectivity index (χ1n) is 9.93. The molecule has 0 fully saturated rings. The minimum absolute atomic E-state index is 0.116. The number of rotatable bonds is 8. The number of ether oxygens (including phenoxy) is 1. The summed E-state index contributed by atoms with van der Waals surface area (Å²) in [5.41, 5.74) is 17.1. The lowest BCUT2D eigenvalue weighted by atomic mass is 10.1. The van der Waals surface area contributed by atoms with Crippen molar-refractivity contribution in [1.82, 2.24) is 15.0 Å². The van der Waals surface area contributed by atoms with Crippen molar-refractivity contribution in [2.45, 2.75) is 19.0 Å². The van der Waals surface area contributed by atoms with E-state index < -0.39 is 0 Å². The van der Waals surface area contributed by atoms with E-state index in [1.807, 2.05) is 48.7 Å². The maximum atomic E-state index is 6.31. The molecule has 0 aliphatic heterocycles. The molecule has 0 unspecified atom stereocenters. The molecular formula is C24H25N5O. The number of aromatic amines is 1. The minimum atomic E-state index is -0.116. The molecule has 6 heteroatoms. The molecule has 0 radical (unpaired) electrons. The Hall–Kier alpha value is -3.48. The Morgan fingerprint density at radius 2 is 1.93 bits per heavy atom. The first-order valence-corrected chi connectivity index (χ1v) is 9.93. The second kappa shape index (κ2) is 9.35. The van der Waals surface area contributed by atoms with E-state index in [4.69, 9.17) is 16.2 Å². The monoisotopic (exact) mass is 399 g/mol. The van der Waals surface area contributed by atoms with E-state index in [0.717, 1.165) is 28.8 Å². The second-order valence-corrected chi connectivity index (χ2v) is 7.21. The van der Waals surface area contributed by atoms with Gasteiger partial charge in [-0.3, -0.25) is 9.97 Å². The van der Waals surface area contributed by atoms with E-state index in [2.05, 4.69) is 27.1 Å². The molecule has 30 heavy (non-hydrogen) atoms. The molecule has 6 nitrogen and oxygen atoms in total. The second-order valence-electron chi connectivity index (χ2n) is 7.21. The van der Waals surface area contributed by atoms with Crippen LogP contribution in [0.1, 0.15) is 22.4 Å². The quantitative estimate of drug-likeness (QED) is 0.421. The molecule has 0 aliphatic carbocycles. The third-order valence-corrected chi connectivity index (χ3v) is 4.87. The summed E-state index contributed by atoms with van der Waals surface area (Å²) < 4.78 is 5.90. The van der Waals surface area contributed by atoms with Gasteiger partial charge >= 0.3 is 0 Å². The first-order chi connectivity index (χ1) is 14.7. The molecule has 5 N–H and O–H groups in total. The van der Waals surface area contributed by atoms with Gasteiger partial charge in [0.25, 0.3) is 0 Å². The highest BCUT2D eigenvalue weighted by Gasteiger charge is 2.10. The summed E-state index contributed by atoms with van der Waals surface area (Å²) in [5.74, 6) is 0.698. The Morgan fingerprint density at radius 3 is 2.83 bits per heavy atom. The number of H-pyrrole nitrogens is 1. The van der Waals surface area contributed by atoms with Crippen molar-refractivity contribution >= 4 is 23.1 Å². The molecule has 4 rings (SSSR count). The van der Waals surface area contributed by atoms with Crippen LogP contribution in [0.2, 0.25) is 0 Å². The van der Waals surface area contributed by atoms with E-state index in [0.29, 0.717) is 18.9 Å². The van der Waals surface area contributed by atoms with E-state index in [1.54, 1.807) is 18.6 Å². The Balaban J connectivity index is 1.36. The van der Waals surface area contributed by atoms with Gasteiger partial charge in [0.1, 0.15) is 12.4 Å². The van der Waals surface area contributed by atoms with Gasteiger partial charge in [-0.15, -0.1) is 0 Å². The van der Waals surface area contributed by atoms with Gasteiger partial charge in [-0.05, 0) is 47.4 Å². The van der Waals surface area contributed by atoms with Crippen LogP contribution in [0, 0.1) is 0 Å². The highest BCUT2D eigenvalue weighted by molar-refractivity contribution is 5.83. The zero-order valence-corrected chi connectivity index (χ0v) is 16.7. The van der Waals surface area contributed by atoms with Crippen LogP contribution >= 0.6 is 0 Å². The van der Waals surface area contributed by atoms with Gasteiger partial charge in [-0.25, -0.2) is 0 Å². The summed E-state index contributed by atoms with van der Waals surface area (Å²) in [6.07, 6.45) is 12.0. The van der Waals surface area contributed by atoms with Gasteiger partial charge in [0, 0.05) is 42.1 Å². The number of benzene rings is 1. The number of nitrogens with two attached hydrogens (primary N) is 2. The van der Waals surface area contributed by atoms with Gasteiger partial charge in [0.05, 0.1) is 11.9 Å². The van der Waals surface area contributed by atoms with E-state index in [1.165, 1.54) is 10.9 Å². The highest BCUT2D eigenvalue weighted by Crippen LogP contribution is 2.19. The number of fused-ring (bicyclic) bond motifs is 1. The third kappa shape index (κ3) is 4.92. The van der Waals surface area contributed by atoms with Crippen LogP contribution in [0.4, 0.5) is 0 Å². The van der Waals surface area contributed by atoms with Crippen LogP contribution in [0.25, 0.3) is 23.1 Å². The number of hydrogen-bond acceptors (Lipinski definition) is 5. The molecule has 3 aromatic heterocycles. The largest absolute Gasteiger partial charge is 0.490 e. The smallest absolute Gasteiger partial charge is 0.138 e. The molecule has 1 aromatic carbocycles. The number of nitrogens with zero attached hydrogens (tertiary/aromatic N) is 2. The predicted octanol–water partition coefficient (Wildman–Crippen LogP) is 3.54. The molecule has 3 heterocycles. The zero-order valence-electron chi connectivity index (χ0n) is 16.7. The fourth-order valence-corrected chi connectivity index (χ4v) is 3.36. The van der Waals surface area contributed by atoms with Crippen molar-refractivity contribution < 1.29 is 4.74 Å². The number of aromatic nitrogens is 3. The maximum absolute atomic E-state index is 6.31. The van der Waals surface area contributed by atoms with Gasteiger partial charge in [0.2, 0.25) is 0 Å². The Labute approximate surface area is 175 Å². The SMILES string of the molecule is NCc1cc(C=Cc2cncc(OC[C@@H](N)Cc3c[nH]c4ccccc34)c2)ccn1. The number of hydrogen-bond donors (Lipinski definition) is 3. The number of pyridine rings is 2. The van der Waals surface area contributed by atoms with Crippen molar-refractivity contribution in [3.05, 3.63) is 89.6 Å². The number of nitrogens with one attached hydrogen (secondary N) is 1. The van der Waals surface area contributed by atoms with Crippen molar-refractivity contribution in [1.29, 1.82) is 0 Å². The average molecular weight is 399 g/mol. The maximum Gasteiger partial charge on any atom is 0.138 e. The standard InChI is InChI=1S/C24H25N5O/c25-12-21-9-17(7-8-28-21)5-6-18-10-22(15-27-13-18)30-16-20(26)11-19-14-29-24-4-2-1-3-23(19)24/h1-10,13-15,20,29H,11-12,16,25-26H2/t20-/m0/s1. The summed E-state index contributed by atoms with van der Waals surface area (Å²) in [6.45, 7) is 0.837. The van der Waals surface area contributed by atoms with Crippen LogP contribution in [-0.2, 0) is 13.0 Å². The van der Waals surface area contributed by atoms with E-state index >= 15 is 0 Å². The molecule has 0 spiro atoms. The van der Waals surface area contributed by atoms with Crippen LogP contribution in [0.5, 0.6) is 5.75 Å². The summed E-state index contributed by atoms with van der Waals surface area (Å²) in [4.78, 5) is 11.8. The van der Waals surface area contributed by atoms with Gasteiger partial charge in [0.15, 0.2) is 0 Å². The van der Waals surface area contributed by atoms with Crippen molar-refractivity contribution in [2.24, 2.45) is 11.5 Å². The lowest BCUT2D eigenvalue weighted by molar-refractivity contribution is 0.287. The first kappa shape index (κ1) is 19.8. The molecular weight excluding hydrogens is 374 g/mol. The fourth-order valence-electron chi connectivity index (χ4n) is 3.36. The van der Waals surface area contributed by atoms with Crippen LogP contribution in [-0.4, -0.2) is 27.6 Å². The molecule has 0 bridgehead atoms. The van der Waals surface area contributed by atoms with Gasteiger partial charge in [-0.2, -0.15) is 0 Å². The molecule has 152 valence electrons. The van der Waals surface area contributed by atoms with Crippen LogP contribution in [0.3, 0.4) is 0 Å². The predicted molar refractivity (Wildman–Crippen MR) is 121 cm³/mol. The molecule has 0 saturated heterocycles. The summed E-state index contributed by atoms with van der Waals surface area (Å²) in [6, 6.07) is 14.0. The summed E-state index contributed by atoms with van der Waals surface area (Å²) in [7, 11) is 0. The molecule has 0 amide bonds. The third-order valence-electron chi connectivity index (χ3n) is 4.87. The Morgan fingerprint density at radius 1 is 1.07 bits per heavy atom. The molecule has 0 saturated carbocycles.